The van der Waals surface area contributed by atoms with Crippen LogP contribution in [0.5, 0.6) is 0 Å². The Balaban J connectivity index is 1.75. The number of amides is 2. The maximum absolute atomic E-state index is 11.7. The number of nitrogens with zero attached hydrogens (tertiary/aromatic N) is 4. The SMILES string of the molecule is Cn1ccnc1C(=O)NCCNC(=O)c1nccn1C. The van der Waals surface area contributed by atoms with Gasteiger partial charge in [-0.05, 0) is 0 Å². The van der Waals surface area contributed by atoms with Crippen molar-refractivity contribution in [3.8, 4) is 0 Å². The lowest BCUT2D eigenvalue weighted by molar-refractivity contribution is 0.0914. The predicted molar refractivity (Wildman–Crippen MR) is 71.1 cm³/mol. The van der Waals surface area contributed by atoms with Crippen LogP contribution < -0.4 is 10.6 Å². The number of aryl methyl sites for hydroxylation is 2. The summed E-state index contributed by atoms with van der Waals surface area (Å²) in [6.07, 6.45) is 6.49. The third-order valence-electron chi connectivity index (χ3n) is 2.74. The fourth-order valence-corrected chi connectivity index (χ4v) is 1.68. The molecule has 0 aliphatic carbocycles. The number of carbonyl (C=O) groups excluding carboxylic acids is 2. The van der Waals surface area contributed by atoms with Crippen molar-refractivity contribution < 1.29 is 9.59 Å². The smallest absolute Gasteiger partial charge is 0.287 e. The van der Waals surface area contributed by atoms with E-state index in [-0.39, 0.29) is 11.8 Å². The molecule has 0 saturated carbocycles. The fourth-order valence-electron chi connectivity index (χ4n) is 1.68. The lowest BCUT2D eigenvalue weighted by atomic mass is 10.5. The Morgan fingerprint density at radius 3 is 1.65 bits per heavy atom. The van der Waals surface area contributed by atoms with Gasteiger partial charge in [0, 0.05) is 52.0 Å². The van der Waals surface area contributed by atoms with E-state index in [0.717, 1.165) is 0 Å². The summed E-state index contributed by atoms with van der Waals surface area (Å²) in [4.78, 5) is 31.3. The molecule has 0 aromatic carbocycles. The molecule has 2 aromatic heterocycles. The molecular formula is C12H16N6O2. The van der Waals surface area contributed by atoms with Gasteiger partial charge in [0.2, 0.25) is 0 Å². The van der Waals surface area contributed by atoms with Gasteiger partial charge in [-0.3, -0.25) is 9.59 Å². The van der Waals surface area contributed by atoms with Gasteiger partial charge in [0.1, 0.15) is 0 Å². The van der Waals surface area contributed by atoms with E-state index in [1.165, 1.54) is 0 Å². The Bertz CT molecular complexity index is 561. The molecule has 2 rings (SSSR count). The summed E-state index contributed by atoms with van der Waals surface area (Å²) in [5.41, 5.74) is 0. The van der Waals surface area contributed by atoms with E-state index in [1.54, 1.807) is 48.0 Å². The highest BCUT2D eigenvalue weighted by molar-refractivity contribution is 5.91. The molecule has 8 heteroatoms. The molecule has 2 N–H and O–H groups in total. The van der Waals surface area contributed by atoms with Crippen molar-refractivity contribution >= 4 is 11.8 Å². The molecule has 0 radical (unpaired) electrons. The molecule has 106 valence electrons. The second-order valence-corrected chi connectivity index (χ2v) is 4.24. The number of imidazole rings is 2. The number of nitrogens with one attached hydrogen (secondary N) is 2. The molecule has 0 atom stereocenters. The van der Waals surface area contributed by atoms with Crippen LogP contribution in [0.3, 0.4) is 0 Å². The second-order valence-electron chi connectivity index (χ2n) is 4.24. The molecule has 20 heavy (non-hydrogen) atoms. The first kappa shape index (κ1) is 13.8. The van der Waals surface area contributed by atoms with Crippen LogP contribution in [0.2, 0.25) is 0 Å². The van der Waals surface area contributed by atoms with Crippen LogP contribution in [0, 0.1) is 0 Å². The quantitative estimate of drug-likeness (QED) is 0.707. The van der Waals surface area contributed by atoms with Crippen LogP contribution in [-0.2, 0) is 14.1 Å². The standard InChI is InChI=1S/C12H16N6O2/c1-17-7-5-13-9(17)11(19)15-3-4-16-12(20)10-14-6-8-18(10)2/h5-8H,3-4H2,1-2H3,(H,15,19)(H,16,20). The Labute approximate surface area is 115 Å². The maximum atomic E-state index is 11.7. The summed E-state index contributed by atoms with van der Waals surface area (Å²) in [6, 6.07) is 0. The van der Waals surface area contributed by atoms with Crippen LogP contribution in [0.15, 0.2) is 24.8 Å². The summed E-state index contributed by atoms with van der Waals surface area (Å²) in [5, 5.41) is 5.35. The lowest BCUT2D eigenvalue weighted by Crippen LogP contribution is -2.36. The highest BCUT2D eigenvalue weighted by Crippen LogP contribution is 1.94. The molecule has 2 heterocycles. The topological polar surface area (TPSA) is 93.8 Å². The van der Waals surface area contributed by atoms with Crippen molar-refractivity contribution in [1.29, 1.82) is 0 Å². The number of hydrogen-bond acceptors (Lipinski definition) is 4. The Morgan fingerprint density at radius 1 is 0.950 bits per heavy atom. The van der Waals surface area contributed by atoms with Gasteiger partial charge in [0.15, 0.2) is 11.6 Å². The van der Waals surface area contributed by atoms with Crippen molar-refractivity contribution in [2.45, 2.75) is 0 Å². The van der Waals surface area contributed by atoms with E-state index in [0.29, 0.717) is 24.7 Å². The zero-order chi connectivity index (χ0) is 14.5. The predicted octanol–water partition coefficient (Wildman–Crippen LogP) is -0.687. The minimum atomic E-state index is -0.274. The third kappa shape index (κ3) is 3.02. The molecule has 0 saturated heterocycles. The zero-order valence-electron chi connectivity index (χ0n) is 11.3. The van der Waals surface area contributed by atoms with Crippen molar-refractivity contribution in [2.24, 2.45) is 14.1 Å². The summed E-state index contributed by atoms with van der Waals surface area (Å²) in [5.74, 6) is 0.119. The van der Waals surface area contributed by atoms with Crippen molar-refractivity contribution in [2.75, 3.05) is 13.1 Å². The van der Waals surface area contributed by atoms with Crippen LogP contribution in [0.1, 0.15) is 21.2 Å². The number of aromatic nitrogens is 4. The number of rotatable bonds is 5. The Morgan fingerprint density at radius 2 is 1.35 bits per heavy atom. The first-order valence-corrected chi connectivity index (χ1v) is 6.10. The molecule has 0 fully saturated rings. The van der Waals surface area contributed by atoms with Gasteiger partial charge in [0.05, 0.1) is 0 Å². The molecular weight excluding hydrogens is 260 g/mol. The first-order chi connectivity index (χ1) is 9.59. The number of carbonyl (C=O) groups is 2. The monoisotopic (exact) mass is 276 g/mol. The summed E-state index contributed by atoms with van der Waals surface area (Å²) in [7, 11) is 3.48. The van der Waals surface area contributed by atoms with E-state index in [9.17, 15) is 9.59 Å². The van der Waals surface area contributed by atoms with Gasteiger partial charge >= 0.3 is 0 Å². The summed E-state index contributed by atoms with van der Waals surface area (Å²) < 4.78 is 3.25. The summed E-state index contributed by atoms with van der Waals surface area (Å²) >= 11 is 0. The first-order valence-electron chi connectivity index (χ1n) is 6.10. The molecule has 0 aliphatic heterocycles. The zero-order valence-corrected chi connectivity index (χ0v) is 11.3. The molecule has 2 aromatic rings. The molecule has 2 amide bonds. The van der Waals surface area contributed by atoms with Gasteiger partial charge in [-0.1, -0.05) is 0 Å². The van der Waals surface area contributed by atoms with Crippen molar-refractivity contribution in [3.05, 3.63) is 36.4 Å². The Kier molecular flexibility index (Phi) is 4.14. The highest BCUT2D eigenvalue weighted by atomic mass is 16.2. The normalized spacial score (nSPS) is 10.3. The van der Waals surface area contributed by atoms with Crippen molar-refractivity contribution in [1.82, 2.24) is 29.7 Å². The summed E-state index contributed by atoms with van der Waals surface area (Å²) in [6.45, 7) is 0.643. The van der Waals surface area contributed by atoms with Crippen LogP contribution in [0.25, 0.3) is 0 Å². The second kappa shape index (κ2) is 6.00. The van der Waals surface area contributed by atoms with Crippen molar-refractivity contribution in [3.63, 3.8) is 0 Å². The minimum Gasteiger partial charge on any atom is -0.348 e. The van der Waals surface area contributed by atoms with Gasteiger partial charge in [-0.2, -0.15) is 0 Å². The fraction of sp³-hybridized carbons (Fsp3) is 0.333. The van der Waals surface area contributed by atoms with Crippen LogP contribution in [0.4, 0.5) is 0 Å². The molecule has 0 bridgehead atoms. The van der Waals surface area contributed by atoms with E-state index < -0.39 is 0 Å². The highest BCUT2D eigenvalue weighted by Gasteiger charge is 2.11. The number of hydrogen-bond donors (Lipinski definition) is 2. The van der Waals surface area contributed by atoms with E-state index in [1.807, 2.05) is 0 Å². The minimum absolute atomic E-state index is 0.274. The Hall–Kier alpha value is -2.64. The average Bonchev–Trinajstić information content (AvgIpc) is 3.02. The van der Waals surface area contributed by atoms with E-state index in [2.05, 4.69) is 20.6 Å². The van der Waals surface area contributed by atoms with E-state index in [4.69, 9.17) is 0 Å². The largest absolute Gasteiger partial charge is 0.348 e. The van der Waals surface area contributed by atoms with Crippen LogP contribution >= 0.6 is 0 Å². The lowest BCUT2D eigenvalue weighted by Gasteiger charge is -2.07. The maximum Gasteiger partial charge on any atom is 0.287 e. The van der Waals surface area contributed by atoms with Crippen LogP contribution in [-0.4, -0.2) is 44.0 Å². The van der Waals surface area contributed by atoms with E-state index >= 15 is 0 Å². The third-order valence-corrected chi connectivity index (χ3v) is 2.74. The molecule has 0 unspecified atom stereocenters. The molecule has 0 aliphatic rings. The van der Waals surface area contributed by atoms with Gasteiger partial charge < -0.3 is 19.8 Å². The molecule has 8 nitrogen and oxygen atoms in total. The molecule has 0 spiro atoms. The van der Waals surface area contributed by atoms with Gasteiger partial charge in [-0.25, -0.2) is 9.97 Å². The van der Waals surface area contributed by atoms with Gasteiger partial charge in [-0.15, -0.1) is 0 Å². The van der Waals surface area contributed by atoms with Gasteiger partial charge in [0.25, 0.3) is 11.8 Å². The average molecular weight is 276 g/mol.